The highest BCUT2D eigenvalue weighted by Crippen LogP contribution is 2.34. The van der Waals surface area contributed by atoms with Crippen LogP contribution in [0.25, 0.3) is 5.76 Å². The van der Waals surface area contributed by atoms with Gasteiger partial charge in [-0.3, -0.25) is 14.4 Å². The van der Waals surface area contributed by atoms with Gasteiger partial charge in [0, 0.05) is 23.7 Å². The minimum atomic E-state index is -3.90. The van der Waals surface area contributed by atoms with Gasteiger partial charge in [-0.2, -0.15) is 0 Å². The molecule has 1 aromatic carbocycles. The average Bonchev–Trinajstić information content (AvgIpc) is 3.05. The Bertz CT molecular complexity index is 1040. The third-order valence-corrected chi connectivity index (χ3v) is 6.16. The van der Waals surface area contributed by atoms with E-state index in [0.717, 1.165) is 9.18 Å². The van der Waals surface area contributed by atoms with Crippen molar-refractivity contribution in [1.82, 2.24) is 9.29 Å². The Hall–Kier alpha value is -2.96. The topological polar surface area (TPSA) is 157 Å². The Morgan fingerprint density at radius 2 is 1.89 bits per heavy atom. The highest BCUT2D eigenvalue weighted by Gasteiger charge is 2.37. The minimum Gasteiger partial charge on any atom is -0.505 e. The van der Waals surface area contributed by atoms with Crippen molar-refractivity contribution in [1.29, 1.82) is 0 Å². The largest absolute Gasteiger partial charge is 0.505 e. The maximum absolute atomic E-state index is 12.5. The van der Waals surface area contributed by atoms with Crippen LogP contribution >= 0.6 is 11.3 Å². The van der Waals surface area contributed by atoms with Crippen LogP contribution in [0.4, 0.5) is 5.13 Å². The number of aliphatic hydroxyl groups excluding tert-OH is 2. The number of nitrogens with zero attached hydrogens (tertiary/aromatic N) is 2. The average molecular weight is 427 g/mol. The smallest absolute Gasteiger partial charge is 0.329 e. The Morgan fingerprint density at radius 1 is 1.29 bits per heavy atom. The monoisotopic (exact) mass is 427 g/mol. The lowest BCUT2D eigenvalue weighted by molar-refractivity contribution is -0.140. The van der Waals surface area contributed by atoms with Gasteiger partial charge in [0.15, 0.2) is 16.6 Å². The number of aliphatic carboxylic acids is 1. The predicted molar refractivity (Wildman–Crippen MR) is 101 cm³/mol. The van der Waals surface area contributed by atoms with Gasteiger partial charge < -0.3 is 15.3 Å². The van der Waals surface area contributed by atoms with Crippen molar-refractivity contribution in [2.24, 2.45) is 0 Å². The molecule has 1 aliphatic rings. The first-order chi connectivity index (χ1) is 13.1. The lowest BCUT2D eigenvalue weighted by atomic mass is 10.1. The number of nitrogens with one attached hydrogen (secondary N) is 1. The van der Waals surface area contributed by atoms with Crippen LogP contribution in [0.1, 0.15) is 10.4 Å². The predicted octanol–water partition coefficient (Wildman–Crippen LogP) is 1.01. The zero-order valence-electron chi connectivity index (χ0n) is 14.8. The molecular formula is C16H17N3O7S2. The van der Waals surface area contributed by atoms with Crippen LogP contribution in [0.15, 0.2) is 41.1 Å². The molecule has 10 nitrogen and oxygen atoms in total. The second-order valence-electron chi connectivity index (χ2n) is 5.45. The zero-order chi connectivity index (χ0) is 21.1. The van der Waals surface area contributed by atoms with Crippen molar-refractivity contribution < 1.29 is 33.3 Å². The first-order valence-electron chi connectivity index (χ1n) is 7.67. The van der Waals surface area contributed by atoms with Gasteiger partial charge in [-0.25, -0.2) is 18.2 Å². The molecule has 3 rings (SSSR count). The Kier molecular flexibility index (Phi) is 6.38. The fourth-order valence-electron chi connectivity index (χ4n) is 2.25. The molecule has 1 amide bonds. The lowest BCUT2D eigenvalue weighted by Gasteiger charge is -2.28. The van der Waals surface area contributed by atoms with Gasteiger partial charge in [0.05, 0.1) is 4.90 Å². The summed E-state index contributed by atoms with van der Waals surface area (Å²) in [5.74, 6) is -2.31. The Balaban J connectivity index is 0.000000500. The molecule has 0 saturated carbocycles. The number of sulfonamides is 1. The number of hydrogen-bond acceptors (Lipinski definition) is 8. The molecule has 1 aliphatic heterocycles. The summed E-state index contributed by atoms with van der Waals surface area (Å²) in [6.07, 6.45) is 1.59. The van der Waals surface area contributed by atoms with Crippen LogP contribution in [-0.2, 0) is 19.6 Å². The van der Waals surface area contributed by atoms with E-state index in [0.29, 0.717) is 5.13 Å². The molecule has 0 aliphatic carbocycles. The van der Waals surface area contributed by atoms with E-state index in [1.165, 1.54) is 30.5 Å². The Morgan fingerprint density at radius 3 is 2.43 bits per heavy atom. The first kappa shape index (κ1) is 21.3. The maximum atomic E-state index is 12.5. The van der Waals surface area contributed by atoms with E-state index in [4.69, 9.17) is 15.0 Å². The van der Waals surface area contributed by atoms with Gasteiger partial charge in [-0.15, -0.1) is 11.3 Å². The van der Waals surface area contributed by atoms with Crippen LogP contribution < -0.4 is 5.32 Å². The number of aromatic nitrogens is 1. The van der Waals surface area contributed by atoms with Crippen molar-refractivity contribution >= 4 is 44.1 Å². The summed E-state index contributed by atoms with van der Waals surface area (Å²) in [6, 6.07) is 5.99. The number of likely N-dealkylation sites (N-methyl/N-ethyl adjacent to an activating group) is 1. The van der Waals surface area contributed by atoms with Gasteiger partial charge >= 0.3 is 5.97 Å². The van der Waals surface area contributed by atoms with E-state index in [-0.39, 0.29) is 21.9 Å². The van der Waals surface area contributed by atoms with Gasteiger partial charge in [-0.1, -0.05) is 12.1 Å². The standard InChI is InChI=1S/C14H13N3O4S2.C2H4O3/c1-8-7-15-14(22-8)16-13(19)11-12(18)9-5-3-4-6-10(9)23(20,21)17(11)2;3-1-2(4)5/h3-7,18H,1-2H3,(H,15,16,19);3H,1H2,(H,4,5). The SMILES string of the molecule is Cc1cnc(NC(=O)C2=C(O)c3ccccc3S(=O)(=O)N2C)s1.O=C(O)CO. The summed E-state index contributed by atoms with van der Waals surface area (Å²) in [5, 5.41) is 28.2. The maximum Gasteiger partial charge on any atom is 0.329 e. The second-order valence-corrected chi connectivity index (χ2v) is 8.62. The van der Waals surface area contributed by atoms with Crippen molar-refractivity contribution in [3.05, 3.63) is 46.6 Å². The van der Waals surface area contributed by atoms with Crippen molar-refractivity contribution in [3.63, 3.8) is 0 Å². The van der Waals surface area contributed by atoms with E-state index in [9.17, 15) is 18.3 Å². The number of amides is 1. The molecule has 0 radical (unpaired) electrons. The number of aryl methyl sites for hydroxylation is 1. The molecule has 12 heteroatoms. The summed E-state index contributed by atoms with van der Waals surface area (Å²) in [4.78, 5) is 26.4. The minimum absolute atomic E-state index is 0.0401. The van der Waals surface area contributed by atoms with Crippen LogP contribution in [-0.4, -0.2) is 58.6 Å². The van der Waals surface area contributed by atoms with Crippen LogP contribution in [0, 0.1) is 6.92 Å². The number of carboxylic acid groups (broad SMARTS) is 1. The number of carboxylic acids is 1. The van der Waals surface area contributed by atoms with E-state index in [2.05, 4.69) is 10.3 Å². The quantitative estimate of drug-likeness (QED) is 0.565. The summed E-state index contributed by atoms with van der Waals surface area (Å²) < 4.78 is 25.8. The Labute approximate surface area is 164 Å². The number of carbonyl (C=O) groups is 2. The van der Waals surface area contributed by atoms with Gasteiger partial charge in [0.1, 0.15) is 6.61 Å². The molecule has 150 valence electrons. The summed E-state index contributed by atoms with van der Waals surface area (Å²) >= 11 is 1.25. The third kappa shape index (κ3) is 4.30. The molecule has 0 fully saturated rings. The highest BCUT2D eigenvalue weighted by molar-refractivity contribution is 7.89. The molecule has 0 bridgehead atoms. The molecule has 0 spiro atoms. The van der Waals surface area contributed by atoms with Crippen LogP contribution in [0.2, 0.25) is 0 Å². The number of benzene rings is 1. The van der Waals surface area contributed by atoms with E-state index in [1.807, 2.05) is 6.92 Å². The summed E-state index contributed by atoms with van der Waals surface area (Å²) in [5.41, 5.74) is -0.234. The molecule has 4 N–H and O–H groups in total. The number of aliphatic hydroxyl groups is 2. The summed E-state index contributed by atoms with van der Waals surface area (Å²) in [7, 11) is -2.67. The van der Waals surface area contributed by atoms with Crippen molar-refractivity contribution in [2.45, 2.75) is 11.8 Å². The zero-order valence-corrected chi connectivity index (χ0v) is 16.4. The molecule has 28 heavy (non-hydrogen) atoms. The van der Waals surface area contributed by atoms with Crippen molar-refractivity contribution in [3.8, 4) is 0 Å². The molecule has 0 atom stereocenters. The number of fused-ring (bicyclic) bond motifs is 1. The first-order valence-corrected chi connectivity index (χ1v) is 9.93. The normalized spacial score (nSPS) is 14.6. The number of carbonyl (C=O) groups excluding carboxylic acids is 1. The molecule has 0 unspecified atom stereocenters. The summed E-state index contributed by atoms with van der Waals surface area (Å²) in [6.45, 7) is 1.05. The van der Waals surface area contributed by atoms with Crippen LogP contribution in [0.5, 0.6) is 0 Å². The van der Waals surface area contributed by atoms with Crippen LogP contribution in [0.3, 0.4) is 0 Å². The number of rotatable bonds is 3. The van der Waals surface area contributed by atoms with Gasteiger partial charge in [0.2, 0.25) is 0 Å². The number of hydrogen-bond donors (Lipinski definition) is 4. The third-order valence-electron chi connectivity index (χ3n) is 3.51. The number of thiazole rings is 1. The van der Waals surface area contributed by atoms with Gasteiger partial charge in [-0.05, 0) is 19.1 Å². The fourth-order valence-corrected chi connectivity index (χ4v) is 4.31. The molecule has 2 aromatic rings. The molecular weight excluding hydrogens is 410 g/mol. The number of anilines is 1. The molecule has 2 heterocycles. The van der Waals surface area contributed by atoms with Crippen molar-refractivity contribution in [2.75, 3.05) is 19.0 Å². The van der Waals surface area contributed by atoms with Gasteiger partial charge in [0.25, 0.3) is 15.9 Å². The fraction of sp³-hybridized carbons (Fsp3) is 0.188. The lowest BCUT2D eigenvalue weighted by Crippen LogP contribution is -2.37. The van der Waals surface area contributed by atoms with E-state index < -0.39 is 28.5 Å². The second kappa shape index (κ2) is 8.37. The van der Waals surface area contributed by atoms with E-state index in [1.54, 1.807) is 18.3 Å². The highest BCUT2D eigenvalue weighted by atomic mass is 32.2. The van der Waals surface area contributed by atoms with E-state index >= 15 is 0 Å². The molecule has 0 saturated heterocycles. The molecule has 1 aromatic heterocycles.